The van der Waals surface area contributed by atoms with Crippen LogP contribution in [0.2, 0.25) is 0 Å². The molecule has 0 aliphatic heterocycles. The Morgan fingerprint density at radius 1 is 0.327 bits per heavy atom. The Labute approximate surface area is 296 Å². The SMILES string of the molecule is c1ccc(-c2ccc3oc4c(ccc5c4c4cc(-n6c7ccccc7c7ccccc76)ccc4n5-c4cccc5c4oc4ccccc45)c3c2)cc1. The van der Waals surface area contributed by atoms with Crippen LogP contribution in [-0.2, 0) is 0 Å². The van der Waals surface area contributed by atoms with Gasteiger partial charge in [-0.15, -0.1) is 0 Å². The number of para-hydroxylation sites is 4. The van der Waals surface area contributed by atoms with E-state index in [1.807, 2.05) is 12.1 Å². The van der Waals surface area contributed by atoms with E-state index in [-0.39, 0.29) is 0 Å². The summed E-state index contributed by atoms with van der Waals surface area (Å²) in [6.07, 6.45) is 0. The van der Waals surface area contributed by atoms with Gasteiger partial charge < -0.3 is 18.0 Å². The molecular formula is C48H28N2O2. The van der Waals surface area contributed by atoms with Crippen molar-refractivity contribution in [3.05, 3.63) is 170 Å². The van der Waals surface area contributed by atoms with Gasteiger partial charge in [-0.05, 0) is 77.9 Å². The zero-order valence-corrected chi connectivity index (χ0v) is 27.9. The van der Waals surface area contributed by atoms with Crippen LogP contribution in [0.1, 0.15) is 0 Å². The monoisotopic (exact) mass is 664 g/mol. The molecule has 0 unspecified atom stereocenters. The molecular weight excluding hydrogens is 637 g/mol. The molecule has 0 aliphatic carbocycles. The number of nitrogens with zero attached hydrogens (tertiary/aromatic N) is 2. The van der Waals surface area contributed by atoms with Gasteiger partial charge in [0, 0.05) is 43.4 Å². The smallest absolute Gasteiger partial charge is 0.159 e. The van der Waals surface area contributed by atoms with E-state index in [4.69, 9.17) is 8.83 Å². The second-order valence-corrected chi connectivity index (χ2v) is 13.7. The highest BCUT2D eigenvalue weighted by Crippen LogP contribution is 2.44. The van der Waals surface area contributed by atoms with E-state index in [1.54, 1.807) is 0 Å². The van der Waals surface area contributed by atoms with Gasteiger partial charge in [-0.1, -0.05) is 103 Å². The topological polar surface area (TPSA) is 36.1 Å². The highest BCUT2D eigenvalue weighted by molar-refractivity contribution is 6.25. The molecule has 4 nitrogen and oxygen atoms in total. The number of aromatic nitrogens is 2. The first-order valence-electron chi connectivity index (χ1n) is 17.7. The van der Waals surface area contributed by atoms with Crippen LogP contribution in [0.4, 0.5) is 0 Å². The Kier molecular flexibility index (Phi) is 5.47. The van der Waals surface area contributed by atoms with Crippen LogP contribution in [0.3, 0.4) is 0 Å². The third-order valence-corrected chi connectivity index (χ3v) is 10.9. The molecule has 0 amide bonds. The fourth-order valence-electron chi connectivity index (χ4n) is 8.64. The predicted molar refractivity (Wildman–Crippen MR) is 215 cm³/mol. The number of fused-ring (bicyclic) bond motifs is 13. The van der Waals surface area contributed by atoms with Crippen LogP contribution in [0.5, 0.6) is 0 Å². The van der Waals surface area contributed by atoms with Crippen molar-refractivity contribution in [2.45, 2.75) is 0 Å². The minimum absolute atomic E-state index is 0.867. The van der Waals surface area contributed by atoms with E-state index in [9.17, 15) is 0 Å². The van der Waals surface area contributed by atoms with Crippen LogP contribution in [0.15, 0.2) is 179 Å². The maximum absolute atomic E-state index is 6.88. The third-order valence-electron chi connectivity index (χ3n) is 10.9. The van der Waals surface area contributed by atoms with Crippen molar-refractivity contribution in [1.29, 1.82) is 0 Å². The van der Waals surface area contributed by atoms with E-state index in [0.29, 0.717) is 0 Å². The molecule has 4 heterocycles. The van der Waals surface area contributed by atoms with Crippen molar-refractivity contribution in [3.8, 4) is 22.5 Å². The Balaban J connectivity index is 1.21. The number of hydrogen-bond acceptors (Lipinski definition) is 2. The first-order valence-corrected chi connectivity index (χ1v) is 17.7. The Bertz CT molecular complexity index is 3360. The van der Waals surface area contributed by atoms with Crippen LogP contribution in [0.25, 0.3) is 110 Å². The Hall–Kier alpha value is -7.04. The summed E-state index contributed by atoms with van der Waals surface area (Å²) in [7, 11) is 0. The van der Waals surface area contributed by atoms with Gasteiger partial charge in [-0.2, -0.15) is 0 Å². The van der Waals surface area contributed by atoms with E-state index in [2.05, 4.69) is 167 Å². The van der Waals surface area contributed by atoms with Crippen LogP contribution in [0, 0.1) is 0 Å². The van der Waals surface area contributed by atoms with E-state index in [0.717, 1.165) is 77.1 Å². The summed E-state index contributed by atoms with van der Waals surface area (Å²) in [5.41, 5.74) is 12.5. The zero-order valence-electron chi connectivity index (χ0n) is 27.9. The van der Waals surface area contributed by atoms with Crippen LogP contribution >= 0.6 is 0 Å². The molecule has 4 heteroatoms. The minimum Gasteiger partial charge on any atom is -0.455 e. The average Bonchev–Trinajstić information content (AvgIpc) is 3.95. The van der Waals surface area contributed by atoms with Gasteiger partial charge >= 0.3 is 0 Å². The molecule has 0 saturated carbocycles. The molecule has 0 aliphatic rings. The summed E-state index contributed by atoms with van der Waals surface area (Å²) in [4.78, 5) is 0. The van der Waals surface area contributed by atoms with Gasteiger partial charge in [0.25, 0.3) is 0 Å². The molecule has 0 radical (unpaired) electrons. The summed E-state index contributed by atoms with van der Waals surface area (Å²) in [6.45, 7) is 0. The fourth-order valence-corrected chi connectivity index (χ4v) is 8.64. The van der Waals surface area contributed by atoms with Gasteiger partial charge in [-0.25, -0.2) is 0 Å². The van der Waals surface area contributed by atoms with Crippen molar-refractivity contribution in [1.82, 2.24) is 9.13 Å². The largest absolute Gasteiger partial charge is 0.455 e. The predicted octanol–water partition coefficient (Wildman–Crippen LogP) is 13.3. The van der Waals surface area contributed by atoms with Gasteiger partial charge in [0.1, 0.15) is 16.7 Å². The molecule has 0 fully saturated rings. The second kappa shape index (κ2) is 10.3. The molecule has 0 atom stereocenters. The van der Waals surface area contributed by atoms with E-state index >= 15 is 0 Å². The third kappa shape index (κ3) is 3.70. The average molecular weight is 665 g/mol. The maximum Gasteiger partial charge on any atom is 0.159 e. The van der Waals surface area contributed by atoms with E-state index in [1.165, 1.54) is 32.9 Å². The number of benzene rings is 8. The van der Waals surface area contributed by atoms with Crippen molar-refractivity contribution >= 4 is 87.5 Å². The minimum atomic E-state index is 0.867. The first-order chi connectivity index (χ1) is 25.8. The van der Waals surface area contributed by atoms with Gasteiger partial charge in [-0.3, -0.25) is 0 Å². The molecule has 0 saturated heterocycles. The lowest BCUT2D eigenvalue weighted by Crippen LogP contribution is -1.96. The Morgan fingerprint density at radius 2 is 0.962 bits per heavy atom. The first kappa shape index (κ1) is 27.7. The summed E-state index contributed by atoms with van der Waals surface area (Å²) in [5.74, 6) is 0. The summed E-state index contributed by atoms with van der Waals surface area (Å²) in [5, 5.41) is 9.11. The molecule has 0 bridgehead atoms. The molecule has 4 aromatic heterocycles. The molecule has 0 N–H and O–H groups in total. The summed E-state index contributed by atoms with van der Waals surface area (Å²) < 4.78 is 18.2. The fraction of sp³-hybridized carbons (Fsp3) is 0. The second-order valence-electron chi connectivity index (χ2n) is 13.7. The molecule has 12 rings (SSSR count). The van der Waals surface area contributed by atoms with Crippen LogP contribution in [-0.4, -0.2) is 9.13 Å². The lowest BCUT2D eigenvalue weighted by Gasteiger charge is -2.10. The van der Waals surface area contributed by atoms with Gasteiger partial charge in [0.2, 0.25) is 0 Å². The van der Waals surface area contributed by atoms with Crippen LogP contribution < -0.4 is 0 Å². The summed E-state index contributed by atoms with van der Waals surface area (Å²) in [6, 6.07) is 60.5. The Morgan fingerprint density at radius 3 is 1.79 bits per heavy atom. The van der Waals surface area contributed by atoms with Crippen molar-refractivity contribution in [2.24, 2.45) is 0 Å². The quantitative estimate of drug-likeness (QED) is 0.188. The summed E-state index contributed by atoms with van der Waals surface area (Å²) >= 11 is 0. The highest BCUT2D eigenvalue weighted by Gasteiger charge is 2.23. The standard InChI is InChI=1S/C48H28N2O2/c1-2-11-29(12-3-1)30-21-26-45-37(27-30)36-23-25-42-46(48(36)52-45)38-28-31(49-39-17-7-4-13-32(39)33-14-5-8-18-40(33)49)22-24-41(38)50(42)43-19-10-16-35-34-15-6-9-20-44(34)51-47(35)43/h1-28H. The lowest BCUT2D eigenvalue weighted by molar-refractivity contribution is 0.666. The van der Waals surface area contributed by atoms with Crippen molar-refractivity contribution in [2.75, 3.05) is 0 Å². The maximum atomic E-state index is 6.88. The zero-order chi connectivity index (χ0) is 33.9. The highest BCUT2D eigenvalue weighted by atomic mass is 16.3. The van der Waals surface area contributed by atoms with Gasteiger partial charge in [0.15, 0.2) is 5.58 Å². The molecule has 12 aromatic rings. The lowest BCUT2D eigenvalue weighted by atomic mass is 10.0. The molecule has 52 heavy (non-hydrogen) atoms. The normalized spacial score (nSPS) is 12.2. The van der Waals surface area contributed by atoms with Crippen molar-refractivity contribution < 1.29 is 8.83 Å². The van der Waals surface area contributed by atoms with Gasteiger partial charge in [0.05, 0.1) is 33.1 Å². The molecule has 242 valence electrons. The number of rotatable bonds is 3. The number of hydrogen-bond donors (Lipinski definition) is 0. The number of furan rings is 2. The van der Waals surface area contributed by atoms with E-state index < -0.39 is 0 Å². The van der Waals surface area contributed by atoms with Crippen molar-refractivity contribution in [3.63, 3.8) is 0 Å². The molecule has 8 aromatic carbocycles. The molecule has 0 spiro atoms.